The zero-order chi connectivity index (χ0) is 24.7. The van der Waals surface area contributed by atoms with Crippen molar-refractivity contribution in [1.29, 1.82) is 0 Å². The minimum Gasteiger partial charge on any atom is -0.354 e. The van der Waals surface area contributed by atoms with E-state index in [9.17, 15) is 17.6 Å². The second-order valence-corrected chi connectivity index (χ2v) is 11.2. The Balaban J connectivity index is 1.64. The number of hydrogen-bond donors (Lipinski definition) is 1. The van der Waals surface area contributed by atoms with Crippen molar-refractivity contribution in [3.63, 3.8) is 0 Å². The van der Waals surface area contributed by atoms with Crippen LogP contribution < -0.4 is 9.62 Å². The van der Waals surface area contributed by atoms with Gasteiger partial charge < -0.3 is 5.32 Å². The molecule has 1 amide bonds. The average molecular weight is 541 g/mol. The zero-order valence-electron chi connectivity index (χ0n) is 18.3. The summed E-state index contributed by atoms with van der Waals surface area (Å²) in [4.78, 5) is 12.7. The summed E-state index contributed by atoms with van der Waals surface area (Å²) in [5, 5.41) is 3.90. The molecule has 0 aliphatic carbocycles. The lowest BCUT2D eigenvalue weighted by Crippen LogP contribution is -2.41. The number of sulfonamides is 1. The normalized spacial score (nSPS) is 11.3. The van der Waals surface area contributed by atoms with Crippen LogP contribution in [0.4, 0.5) is 10.1 Å². The molecule has 1 N–H and O–H groups in total. The number of aryl methyl sites for hydroxylation is 1. The van der Waals surface area contributed by atoms with Gasteiger partial charge in [-0.15, -0.1) is 0 Å². The van der Waals surface area contributed by atoms with Crippen LogP contribution in [0.2, 0.25) is 10.0 Å². The van der Waals surface area contributed by atoms with Crippen LogP contribution in [0, 0.1) is 12.7 Å². The van der Waals surface area contributed by atoms with Crippen molar-refractivity contribution < 1.29 is 17.6 Å². The minimum atomic E-state index is -4.04. The summed E-state index contributed by atoms with van der Waals surface area (Å²) in [5.41, 5.74) is 1.93. The fraction of sp³-hybridized carbons (Fsp3) is 0.208. The van der Waals surface area contributed by atoms with Gasteiger partial charge >= 0.3 is 0 Å². The molecule has 3 aromatic rings. The molecule has 180 valence electrons. The smallest absolute Gasteiger partial charge is 0.264 e. The van der Waals surface area contributed by atoms with Crippen molar-refractivity contribution in [2.75, 3.05) is 23.1 Å². The van der Waals surface area contributed by atoms with E-state index in [4.69, 9.17) is 23.2 Å². The summed E-state index contributed by atoms with van der Waals surface area (Å²) in [6.45, 7) is 1.73. The van der Waals surface area contributed by atoms with Gasteiger partial charge in [0.1, 0.15) is 12.4 Å². The fourth-order valence-corrected chi connectivity index (χ4v) is 6.07. The second-order valence-electron chi connectivity index (χ2n) is 7.40. The highest BCUT2D eigenvalue weighted by molar-refractivity contribution is 7.98. The molecule has 0 aliphatic heterocycles. The first kappa shape index (κ1) is 26.3. The molecule has 0 spiro atoms. The number of nitrogens with zero attached hydrogens (tertiary/aromatic N) is 1. The standard InChI is InChI=1S/C24H23Cl2FN2O3S2/c1-17-5-11-20(12-6-17)34(31,32)29(19-9-7-18(27)8-10-19)15-24(30)28-13-14-33-16-21-22(25)3-2-4-23(21)26/h2-12H,13-16H2,1H3,(H,28,30). The molecule has 3 rings (SSSR count). The number of amides is 1. The lowest BCUT2D eigenvalue weighted by atomic mass is 10.2. The fourth-order valence-electron chi connectivity index (χ4n) is 3.05. The summed E-state index contributed by atoms with van der Waals surface area (Å²) < 4.78 is 41.0. The van der Waals surface area contributed by atoms with E-state index < -0.39 is 28.3 Å². The number of anilines is 1. The molecule has 0 fully saturated rings. The van der Waals surface area contributed by atoms with E-state index in [1.165, 1.54) is 24.3 Å². The highest BCUT2D eigenvalue weighted by Crippen LogP contribution is 2.28. The monoisotopic (exact) mass is 540 g/mol. The van der Waals surface area contributed by atoms with Gasteiger partial charge in [-0.3, -0.25) is 9.10 Å². The number of rotatable bonds is 10. The molecular weight excluding hydrogens is 518 g/mol. The number of halogens is 3. The van der Waals surface area contributed by atoms with Gasteiger partial charge in [0, 0.05) is 28.1 Å². The van der Waals surface area contributed by atoms with Crippen LogP contribution in [-0.4, -0.2) is 33.2 Å². The van der Waals surface area contributed by atoms with Gasteiger partial charge in [0.25, 0.3) is 10.0 Å². The molecular formula is C24H23Cl2FN2O3S2. The van der Waals surface area contributed by atoms with E-state index in [0.717, 1.165) is 27.6 Å². The van der Waals surface area contributed by atoms with E-state index >= 15 is 0 Å². The van der Waals surface area contributed by atoms with Gasteiger partial charge in [0.2, 0.25) is 5.91 Å². The number of hydrogen-bond acceptors (Lipinski definition) is 4. The Morgan fingerprint density at radius 2 is 1.62 bits per heavy atom. The van der Waals surface area contributed by atoms with Crippen LogP contribution in [0.15, 0.2) is 71.6 Å². The number of carbonyl (C=O) groups is 1. The van der Waals surface area contributed by atoms with Crippen LogP contribution in [0.5, 0.6) is 0 Å². The van der Waals surface area contributed by atoms with E-state index in [1.54, 1.807) is 42.1 Å². The molecule has 3 aromatic carbocycles. The molecule has 0 saturated carbocycles. The quantitative estimate of drug-likeness (QED) is 0.335. The summed E-state index contributed by atoms with van der Waals surface area (Å²) in [6.07, 6.45) is 0. The Labute approximate surface area is 213 Å². The molecule has 0 unspecified atom stereocenters. The van der Waals surface area contributed by atoms with Crippen LogP contribution in [0.25, 0.3) is 0 Å². The number of thioether (sulfide) groups is 1. The van der Waals surface area contributed by atoms with Crippen molar-refractivity contribution in [2.45, 2.75) is 17.6 Å². The predicted octanol–water partition coefficient (Wildman–Crippen LogP) is 5.69. The number of nitrogens with one attached hydrogen (secondary N) is 1. The molecule has 5 nitrogen and oxygen atoms in total. The summed E-state index contributed by atoms with van der Waals surface area (Å²) >= 11 is 13.9. The molecule has 0 saturated heterocycles. The molecule has 10 heteroatoms. The Bertz CT molecular complexity index is 1220. The van der Waals surface area contributed by atoms with Gasteiger partial charge in [0.15, 0.2) is 0 Å². The summed E-state index contributed by atoms with van der Waals surface area (Å²) in [7, 11) is -4.04. The first-order valence-corrected chi connectivity index (χ1v) is 13.7. The third-order valence-corrected chi connectivity index (χ3v) is 8.37. The molecule has 34 heavy (non-hydrogen) atoms. The van der Waals surface area contributed by atoms with Crippen LogP contribution in [0.1, 0.15) is 11.1 Å². The van der Waals surface area contributed by atoms with Crippen molar-refractivity contribution in [1.82, 2.24) is 5.32 Å². The largest absolute Gasteiger partial charge is 0.354 e. The minimum absolute atomic E-state index is 0.0439. The van der Waals surface area contributed by atoms with E-state index in [0.29, 0.717) is 28.1 Å². The number of benzene rings is 3. The summed E-state index contributed by atoms with van der Waals surface area (Å²) in [6, 6.07) is 16.6. The van der Waals surface area contributed by atoms with Crippen LogP contribution in [0.3, 0.4) is 0 Å². The Morgan fingerprint density at radius 1 is 1.00 bits per heavy atom. The third kappa shape index (κ3) is 6.88. The molecule has 0 heterocycles. The topological polar surface area (TPSA) is 66.5 Å². The first-order valence-electron chi connectivity index (χ1n) is 10.3. The van der Waals surface area contributed by atoms with E-state index in [2.05, 4.69) is 5.32 Å². The third-order valence-electron chi connectivity index (χ3n) is 4.89. The highest BCUT2D eigenvalue weighted by Gasteiger charge is 2.27. The molecule has 0 bridgehead atoms. The Kier molecular flexibility index (Phi) is 9.24. The molecule has 0 atom stereocenters. The van der Waals surface area contributed by atoms with Crippen LogP contribution in [-0.2, 0) is 20.6 Å². The van der Waals surface area contributed by atoms with Gasteiger partial charge in [-0.2, -0.15) is 11.8 Å². The van der Waals surface area contributed by atoms with Crippen LogP contribution >= 0.6 is 35.0 Å². The number of carbonyl (C=O) groups excluding carboxylic acids is 1. The molecule has 0 radical (unpaired) electrons. The maximum Gasteiger partial charge on any atom is 0.264 e. The molecule has 0 aliphatic rings. The van der Waals surface area contributed by atoms with Gasteiger partial charge in [-0.1, -0.05) is 47.0 Å². The lowest BCUT2D eigenvalue weighted by molar-refractivity contribution is -0.119. The maximum absolute atomic E-state index is 13.4. The van der Waals surface area contributed by atoms with Crippen molar-refractivity contribution >= 4 is 56.6 Å². The van der Waals surface area contributed by atoms with Gasteiger partial charge in [-0.25, -0.2) is 12.8 Å². The van der Waals surface area contributed by atoms with Crippen molar-refractivity contribution in [3.8, 4) is 0 Å². The summed E-state index contributed by atoms with van der Waals surface area (Å²) in [5.74, 6) is 0.180. The predicted molar refractivity (Wildman–Crippen MR) is 138 cm³/mol. The van der Waals surface area contributed by atoms with Crippen molar-refractivity contribution in [2.24, 2.45) is 0 Å². The Hall–Kier alpha value is -2.26. The lowest BCUT2D eigenvalue weighted by Gasteiger charge is -2.24. The zero-order valence-corrected chi connectivity index (χ0v) is 21.4. The second kappa shape index (κ2) is 11.9. The first-order chi connectivity index (χ1) is 16.2. The van der Waals surface area contributed by atoms with E-state index in [1.807, 2.05) is 6.92 Å². The SMILES string of the molecule is Cc1ccc(S(=O)(=O)N(CC(=O)NCCSCc2c(Cl)cccc2Cl)c2ccc(F)cc2)cc1. The van der Waals surface area contributed by atoms with Gasteiger partial charge in [0.05, 0.1) is 10.6 Å². The highest BCUT2D eigenvalue weighted by atomic mass is 35.5. The van der Waals surface area contributed by atoms with Crippen molar-refractivity contribution in [3.05, 3.63) is 93.7 Å². The average Bonchev–Trinajstić information content (AvgIpc) is 2.80. The Morgan fingerprint density at radius 3 is 2.24 bits per heavy atom. The maximum atomic E-state index is 13.4. The molecule has 0 aromatic heterocycles. The van der Waals surface area contributed by atoms with E-state index in [-0.39, 0.29) is 10.6 Å². The van der Waals surface area contributed by atoms with Gasteiger partial charge in [-0.05, 0) is 61.0 Å².